The Morgan fingerprint density at radius 2 is 2.33 bits per heavy atom. The van der Waals surface area contributed by atoms with E-state index in [0.29, 0.717) is 27.8 Å². The largest absolute Gasteiger partial charge is 0.482 e. The molecule has 0 amide bonds. The van der Waals surface area contributed by atoms with Crippen LogP contribution in [0, 0.1) is 0 Å². The van der Waals surface area contributed by atoms with Gasteiger partial charge in [-0.25, -0.2) is 4.98 Å². The van der Waals surface area contributed by atoms with Crippen molar-refractivity contribution in [2.75, 3.05) is 6.61 Å². The van der Waals surface area contributed by atoms with Crippen molar-refractivity contribution in [1.82, 2.24) is 15.2 Å². The second-order valence-electron chi connectivity index (χ2n) is 3.57. The molecule has 2 rings (SSSR count). The number of aliphatic hydroxyl groups excluding tert-OH is 1. The van der Waals surface area contributed by atoms with Gasteiger partial charge in [0.2, 0.25) is 4.73 Å². The summed E-state index contributed by atoms with van der Waals surface area (Å²) in [6.07, 6.45) is 0.0148. The Morgan fingerprint density at radius 3 is 2.94 bits per heavy atom. The molecule has 7 heteroatoms. The number of hydrogen-bond acceptors (Lipinski definition) is 4. The summed E-state index contributed by atoms with van der Waals surface area (Å²) < 4.78 is 6.19. The van der Waals surface area contributed by atoms with Gasteiger partial charge in [-0.2, -0.15) is 0 Å². The van der Waals surface area contributed by atoms with Crippen molar-refractivity contribution in [3.05, 3.63) is 39.8 Å². The predicted octanol–water partition coefficient (Wildman–Crippen LogP) is 2.72. The van der Waals surface area contributed by atoms with Gasteiger partial charge in [0.1, 0.15) is 5.75 Å². The summed E-state index contributed by atoms with van der Waals surface area (Å²) in [5.41, 5.74) is 0. The van der Waals surface area contributed by atoms with Gasteiger partial charge in [-0.05, 0) is 34.1 Å². The molecular weight excluding hydrogens is 321 g/mol. The fourth-order valence-electron chi connectivity index (χ4n) is 1.47. The van der Waals surface area contributed by atoms with Crippen molar-refractivity contribution in [1.29, 1.82) is 0 Å². The van der Waals surface area contributed by atoms with Crippen LogP contribution in [0.15, 0.2) is 29.0 Å². The number of halogens is 2. The van der Waals surface area contributed by atoms with Crippen molar-refractivity contribution in [2.45, 2.75) is 12.5 Å². The second-order valence-corrected chi connectivity index (χ2v) is 4.71. The molecule has 2 N–H and O–H groups in total. The lowest BCUT2D eigenvalue weighted by Crippen LogP contribution is -2.11. The van der Waals surface area contributed by atoms with E-state index in [1.165, 1.54) is 0 Å². The number of nitrogens with zero attached hydrogens (tertiary/aromatic N) is 2. The van der Waals surface area contributed by atoms with Gasteiger partial charge >= 0.3 is 0 Å². The molecule has 0 aliphatic rings. The first-order valence-corrected chi connectivity index (χ1v) is 6.47. The van der Waals surface area contributed by atoms with Gasteiger partial charge in [0, 0.05) is 18.1 Å². The number of aromatic nitrogens is 3. The molecule has 1 heterocycles. The lowest BCUT2D eigenvalue weighted by atomic mass is 10.2. The maximum atomic E-state index is 9.06. The first-order valence-electron chi connectivity index (χ1n) is 5.30. The monoisotopic (exact) mass is 331 g/mol. The van der Waals surface area contributed by atoms with E-state index < -0.39 is 6.10 Å². The molecular formula is C11H11BrClN3O2. The summed E-state index contributed by atoms with van der Waals surface area (Å²) in [6.45, 7) is -0.0104. The number of ether oxygens (including phenoxy) is 1. The zero-order chi connectivity index (χ0) is 13.0. The van der Waals surface area contributed by atoms with Crippen LogP contribution in [0.4, 0.5) is 0 Å². The summed E-state index contributed by atoms with van der Waals surface area (Å²) in [5, 5.41) is 16.3. The average molecular weight is 333 g/mol. The van der Waals surface area contributed by atoms with Crippen LogP contribution in [-0.2, 0) is 0 Å². The molecule has 2 aromatic rings. The molecule has 0 saturated carbocycles. The van der Waals surface area contributed by atoms with Crippen LogP contribution >= 0.6 is 27.5 Å². The Morgan fingerprint density at radius 1 is 1.50 bits per heavy atom. The van der Waals surface area contributed by atoms with Gasteiger partial charge in [0.25, 0.3) is 0 Å². The number of nitrogens with one attached hydrogen (secondary N) is 1. The van der Waals surface area contributed by atoms with Gasteiger partial charge in [0.05, 0.1) is 0 Å². The van der Waals surface area contributed by atoms with Crippen LogP contribution in [0.25, 0.3) is 0 Å². The summed E-state index contributed by atoms with van der Waals surface area (Å²) >= 11 is 9.04. The molecule has 0 aliphatic heterocycles. The fraction of sp³-hybridized carbons (Fsp3) is 0.273. The molecule has 0 saturated heterocycles. The van der Waals surface area contributed by atoms with Gasteiger partial charge in [0.15, 0.2) is 11.9 Å². The lowest BCUT2D eigenvalue weighted by Gasteiger charge is -2.15. The molecule has 1 unspecified atom stereocenters. The quantitative estimate of drug-likeness (QED) is 0.883. The summed E-state index contributed by atoms with van der Waals surface area (Å²) in [4.78, 5) is 4.13. The van der Waals surface area contributed by atoms with Crippen molar-refractivity contribution in [2.24, 2.45) is 0 Å². The van der Waals surface area contributed by atoms with Crippen molar-refractivity contribution in [3.8, 4) is 5.75 Å². The van der Waals surface area contributed by atoms with E-state index in [1.807, 2.05) is 0 Å². The van der Waals surface area contributed by atoms with E-state index in [-0.39, 0.29) is 6.61 Å². The summed E-state index contributed by atoms with van der Waals surface area (Å²) in [6, 6.07) is 7.06. The highest BCUT2D eigenvalue weighted by molar-refractivity contribution is 9.10. The molecule has 1 atom stereocenters. The number of aliphatic hydroxyl groups is 1. The minimum absolute atomic E-state index is 0.0104. The van der Waals surface area contributed by atoms with Gasteiger partial charge in [-0.15, -0.1) is 5.10 Å². The molecule has 1 aromatic heterocycles. The normalized spacial score (nSPS) is 12.4. The topological polar surface area (TPSA) is 71.0 Å². The first kappa shape index (κ1) is 13.3. The van der Waals surface area contributed by atoms with Crippen molar-refractivity contribution < 1.29 is 9.84 Å². The van der Waals surface area contributed by atoms with E-state index >= 15 is 0 Å². The molecule has 0 fully saturated rings. The third-order valence-electron chi connectivity index (χ3n) is 2.25. The maximum Gasteiger partial charge on any atom is 0.217 e. The van der Waals surface area contributed by atoms with E-state index in [4.69, 9.17) is 21.4 Å². The van der Waals surface area contributed by atoms with E-state index in [9.17, 15) is 0 Å². The average Bonchev–Trinajstić information content (AvgIpc) is 2.75. The molecule has 1 aromatic carbocycles. The smallest absolute Gasteiger partial charge is 0.217 e. The van der Waals surface area contributed by atoms with Crippen LogP contribution in [0.5, 0.6) is 5.75 Å². The van der Waals surface area contributed by atoms with Crippen LogP contribution in [0.3, 0.4) is 0 Å². The Bertz CT molecular complexity index is 520. The first-order chi connectivity index (χ1) is 8.69. The molecule has 18 heavy (non-hydrogen) atoms. The highest BCUT2D eigenvalue weighted by Gasteiger charge is 2.17. The molecule has 0 radical (unpaired) electrons. The third-order valence-corrected chi connectivity index (χ3v) is 2.84. The van der Waals surface area contributed by atoms with E-state index in [1.54, 1.807) is 24.3 Å². The molecule has 0 spiro atoms. The highest BCUT2D eigenvalue weighted by atomic mass is 79.9. The summed E-state index contributed by atoms with van der Waals surface area (Å²) in [7, 11) is 0. The third kappa shape index (κ3) is 3.44. The van der Waals surface area contributed by atoms with Gasteiger partial charge in [-0.1, -0.05) is 17.7 Å². The van der Waals surface area contributed by atoms with Gasteiger partial charge in [-0.3, -0.25) is 5.10 Å². The Hall–Kier alpha value is -1.11. The number of benzene rings is 1. The zero-order valence-electron chi connectivity index (χ0n) is 9.31. The van der Waals surface area contributed by atoms with E-state index in [2.05, 4.69) is 31.1 Å². The lowest BCUT2D eigenvalue weighted by molar-refractivity contribution is 0.148. The predicted molar refractivity (Wildman–Crippen MR) is 70.6 cm³/mol. The maximum absolute atomic E-state index is 9.06. The fourth-order valence-corrected chi connectivity index (χ4v) is 1.93. The van der Waals surface area contributed by atoms with Crippen LogP contribution in [0.2, 0.25) is 5.02 Å². The Labute approximate surface area is 117 Å². The van der Waals surface area contributed by atoms with Crippen LogP contribution < -0.4 is 4.74 Å². The number of aromatic amines is 1. The Balaban J connectivity index is 2.16. The van der Waals surface area contributed by atoms with Crippen LogP contribution in [0.1, 0.15) is 18.3 Å². The second kappa shape index (κ2) is 6.17. The minimum atomic E-state index is -0.396. The van der Waals surface area contributed by atoms with Crippen LogP contribution in [-0.4, -0.2) is 26.9 Å². The zero-order valence-corrected chi connectivity index (χ0v) is 11.6. The molecule has 96 valence electrons. The molecule has 5 nitrogen and oxygen atoms in total. The van der Waals surface area contributed by atoms with Crippen molar-refractivity contribution in [3.63, 3.8) is 0 Å². The number of H-pyrrole nitrogens is 1. The molecule has 0 aliphatic carbocycles. The number of hydrogen-bond donors (Lipinski definition) is 2. The summed E-state index contributed by atoms with van der Waals surface area (Å²) in [5.74, 6) is 1.17. The Kier molecular flexibility index (Phi) is 4.57. The van der Waals surface area contributed by atoms with E-state index in [0.717, 1.165) is 0 Å². The SMILES string of the molecule is OCCC(Oc1cccc(Cl)c1)c1nc(Br)n[nH]1. The van der Waals surface area contributed by atoms with Gasteiger partial charge < -0.3 is 9.84 Å². The minimum Gasteiger partial charge on any atom is -0.482 e. The molecule has 0 bridgehead atoms. The van der Waals surface area contributed by atoms with Crippen molar-refractivity contribution >= 4 is 27.5 Å². The highest BCUT2D eigenvalue weighted by Crippen LogP contribution is 2.25. The standard InChI is InChI=1S/C11H11BrClN3O2/c12-11-14-10(15-16-11)9(4-5-17)18-8-3-1-2-7(13)6-8/h1-3,6,9,17H,4-5H2,(H,14,15,16). The number of rotatable bonds is 5.